The average molecular weight is 292 g/mol. The van der Waals surface area contributed by atoms with Gasteiger partial charge >= 0.3 is 5.97 Å². The zero-order chi connectivity index (χ0) is 15.3. The Labute approximate surface area is 123 Å². The molecule has 0 aromatic heterocycles. The van der Waals surface area contributed by atoms with E-state index in [1.807, 2.05) is 44.2 Å². The summed E-state index contributed by atoms with van der Waals surface area (Å²) in [5.74, 6) is -0.956. The fourth-order valence-electron chi connectivity index (χ4n) is 2.99. The predicted molar refractivity (Wildman–Crippen MR) is 74.9 cm³/mol. The minimum absolute atomic E-state index is 0.0359. The molecule has 2 aliphatic rings. The van der Waals surface area contributed by atoms with Crippen molar-refractivity contribution < 1.29 is 24.1 Å². The maximum absolute atomic E-state index is 11.2. The number of carbonyl (C=O) groups is 1. The number of aliphatic carboxylic acids is 1. The number of hydrogen-bond donors (Lipinski definition) is 1. The van der Waals surface area contributed by atoms with E-state index in [1.165, 1.54) is 0 Å². The van der Waals surface area contributed by atoms with Crippen LogP contribution in [0.5, 0.6) is 0 Å². The van der Waals surface area contributed by atoms with Crippen molar-refractivity contribution in [1.82, 2.24) is 0 Å². The summed E-state index contributed by atoms with van der Waals surface area (Å²) in [6, 6.07) is 9.78. The van der Waals surface area contributed by atoms with Crippen molar-refractivity contribution in [3.63, 3.8) is 0 Å². The summed E-state index contributed by atoms with van der Waals surface area (Å²) in [4.78, 5) is 11.2. The lowest BCUT2D eigenvalue weighted by Crippen LogP contribution is -2.45. The van der Waals surface area contributed by atoms with Crippen molar-refractivity contribution in [1.29, 1.82) is 0 Å². The van der Waals surface area contributed by atoms with Crippen molar-refractivity contribution in [3.05, 3.63) is 35.9 Å². The van der Waals surface area contributed by atoms with E-state index in [0.717, 1.165) is 5.56 Å². The van der Waals surface area contributed by atoms with Crippen molar-refractivity contribution in [2.24, 2.45) is 0 Å². The van der Waals surface area contributed by atoms with Gasteiger partial charge in [-0.15, -0.1) is 0 Å². The molecule has 0 radical (unpaired) electrons. The van der Waals surface area contributed by atoms with E-state index in [-0.39, 0.29) is 6.10 Å². The van der Waals surface area contributed by atoms with Gasteiger partial charge in [-0.1, -0.05) is 30.3 Å². The van der Waals surface area contributed by atoms with Gasteiger partial charge in [0.05, 0.1) is 12.7 Å². The lowest BCUT2D eigenvalue weighted by atomic mass is 9.88. The summed E-state index contributed by atoms with van der Waals surface area (Å²) < 4.78 is 17.1. The second-order valence-electron chi connectivity index (χ2n) is 6.14. The SMILES string of the molecule is C[C@H]1O[C@]1(C)[C@H](OCc1ccccc1)[C@@]1(C)O[C@H]1C(=O)O. The summed E-state index contributed by atoms with van der Waals surface area (Å²) in [5.41, 5.74) is -0.288. The fraction of sp³-hybridized carbons (Fsp3) is 0.562. The molecular weight excluding hydrogens is 272 g/mol. The van der Waals surface area contributed by atoms with Gasteiger partial charge in [0.15, 0.2) is 6.10 Å². The van der Waals surface area contributed by atoms with E-state index in [1.54, 1.807) is 6.92 Å². The monoisotopic (exact) mass is 292 g/mol. The normalized spacial score (nSPS) is 38.8. The molecular formula is C16H20O5. The summed E-state index contributed by atoms with van der Waals surface area (Å²) in [6.45, 7) is 6.09. The Morgan fingerprint density at radius 2 is 1.90 bits per heavy atom. The van der Waals surface area contributed by atoms with E-state index in [0.29, 0.717) is 6.61 Å². The maximum Gasteiger partial charge on any atom is 0.336 e. The molecule has 0 unspecified atom stereocenters. The van der Waals surface area contributed by atoms with E-state index >= 15 is 0 Å². The van der Waals surface area contributed by atoms with Crippen LogP contribution < -0.4 is 0 Å². The summed E-state index contributed by atoms with van der Waals surface area (Å²) in [7, 11) is 0. The second-order valence-corrected chi connectivity index (χ2v) is 6.14. The predicted octanol–water partition coefficient (Wildman–Crippen LogP) is 1.99. The number of ether oxygens (including phenoxy) is 3. The largest absolute Gasteiger partial charge is 0.479 e. The Hall–Kier alpha value is -1.43. The second kappa shape index (κ2) is 4.80. The van der Waals surface area contributed by atoms with Gasteiger partial charge in [0.1, 0.15) is 17.3 Å². The third-order valence-electron chi connectivity index (χ3n) is 4.54. The van der Waals surface area contributed by atoms with Gasteiger partial charge < -0.3 is 19.3 Å². The number of benzene rings is 1. The Morgan fingerprint density at radius 1 is 1.29 bits per heavy atom. The van der Waals surface area contributed by atoms with Gasteiger partial charge in [-0.25, -0.2) is 4.79 Å². The van der Waals surface area contributed by atoms with Crippen molar-refractivity contribution >= 4 is 5.97 Å². The molecule has 2 heterocycles. The topological polar surface area (TPSA) is 71.6 Å². The number of epoxide rings is 2. The summed E-state index contributed by atoms with van der Waals surface area (Å²) in [6.07, 6.45) is -1.21. The van der Waals surface area contributed by atoms with Crippen LogP contribution in [-0.2, 0) is 25.6 Å². The zero-order valence-corrected chi connectivity index (χ0v) is 12.4. The number of carboxylic acid groups (broad SMARTS) is 1. The highest BCUT2D eigenvalue weighted by Crippen LogP contribution is 2.52. The molecule has 3 rings (SSSR count). The van der Waals surface area contributed by atoms with Crippen LogP contribution in [0.2, 0.25) is 0 Å². The van der Waals surface area contributed by atoms with Crippen LogP contribution in [0.4, 0.5) is 0 Å². The molecule has 0 amide bonds. The molecule has 5 atom stereocenters. The first-order chi connectivity index (χ1) is 9.88. The highest BCUT2D eigenvalue weighted by Gasteiger charge is 2.72. The summed E-state index contributed by atoms with van der Waals surface area (Å²) >= 11 is 0. The van der Waals surface area contributed by atoms with Gasteiger partial charge in [0.25, 0.3) is 0 Å². The molecule has 114 valence electrons. The van der Waals surface area contributed by atoms with Crippen LogP contribution in [0.25, 0.3) is 0 Å². The first-order valence-corrected chi connectivity index (χ1v) is 7.12. The maximum atomic E-state index is 11.2. The van der Waals surface area contributed by atoms with E-state index < -0.39 is 29.4 Å². The molecule has 5 nitrogen and oxygen atoms in total. The fourth-order valence-corrected chi connectivity index (χ4v) is 2.99. The van der Waals surface area contributed by atoms with Crippen molar-refractivity contribution in [2.75, 3.05) is 0 Å². The molecule has 0 saturated carbocycles. The van der Waals surface area contributed by atoms with Gasteiger partial charge in [-0.2, -0.15) is 0 Å². The zero-order valence-electron chi connectivity index (χ0n) is 12.4. The third-order valence-corrected chi connectivity index (χ3v) is 4.54. The van der Waals surface area contributed by atoms with Crippen LogP contribution in [-0.4, -0.2) is 40.6 Å². The molecule has 0 spiro atoms. The van der Waals surface area contributed by atoms with Crippen molar-refractivity contribution in [3.8, 4) is 0 Å². The Bertz CT molecular complexity index is 545. The first-order valence-electron chi connectivity index (χ1n) is 7.12. The first kappa shape index (κ1) is 14.5. The van der Waals surface area contributed by atoms with E-state index in [2.05, 4.69) is 0 Å². The molecule has 2 aliphatic heterocycles. The van der Waals surface area contributed by atoms with Gasteiger partial charge in [-0.05, 0) is 26.3 Å². The van der Waals surface area contributed by atoms with Gasteiger partial charge in [0, 0.05) is 0 Å². The number of rotatable bonds is 6. The quantitative estimate of drug-likeness (QED) is 0.812. The van der Waals surface area contributed by atoms with Crippen LogP contribution in [0.3, 0.4) is 0 Å². The molecule has 5 heteroatoms. The van der Waals surface area contributed by atoms with E-state index in [4.69, 9.17) is 19.3 Å². The lowest BCUT2D eigenvalue weighted by Gasteiger charge is -2.26. The van der Waals surface area contributed by atoms with Crippen molar-refractivity contribution in [2.45, 2.75) is 56.9 Å². The minimum Gasteiger partial charge on any atom is -0.479 e. The lowest BCUT2D eigenvalue weighted by molar-refractivity contribution is -0.138. The Kier molecular flexibility index (Phi) is 3.31. The Morgan fingerprint density at radius 3 is 2.38 bits per heavy atom. The molecule has 1 aromatic carbocycles. The molecule has 2 fully saturated rings. The van der Waals surface area contributed by atoms with Crippen LogP contribution in [0.1, 0.15) is 26.3 Å². The average Bonchev–Trinajstić information content (AvgIpc) is 3.29. The molecule has 0 aliphatic carbocycles. The van der Waals surface area contributed by atoms with Crippen LogP contribution >= 0.6 is 0 Å². The number of carboxylic acids is 1. The molecule has 1 N–H and O–H groups in total. The molecule has 0 bridgehead atoms. The standard InChI is InChI=1S/C16H20O5/c1-10-15(2,20-10)14(16(3)12(21-16)13(17)18)19-9-11-7-5-4-6-8-11/h4-8,10,12,14H,9H2,1-3H3,(H,17,18)/t10-,12+,14+,15+,16+/m1/s1. The molecule has 1 aromatic rings. The highest BCUT2D eigenvalue weighted by atomic mass is 16.7. The minimum atomic E-state index is -0.956. The highest BCUT2D eigenvalue weighted by molar-refractivity contribution is 5.77. The molecule has 21 heavy (non-hydrogen) atoms. The van der Waals surface area contributed by atoms with Gasteiger partial charge in [-0.3, -0.25) is 0 Å². The smallest absolute Gasteiger partial charge is 0.336 e. The third kappa shape index (κ3) is 2.46. The van der Waals surface area contributed by atoms with Crippen LogP contribution in [0.15, 0.2) is 30.3 Å². The molecule has 2 saturated heterocycles. The van der Waals surface area contributed by atoms with Crippen LogP contribution in [0, 0.1) is 0 Å². The number of hydrogen-bond acceptors (Lipinski definition) is 4. The van der Waals surface area contributed by atoms with E-state index in [9.17, 15) is 4.79 Å². The Balaban J connectivity index is 1.74. The summed E-state index contributed by atoms with van der Waals surface area (Å²) in [5, 5.41) is 9.15. The van der Waals surface area contributed by atoms with Gasteiger partial charge in [0.2, 0.25) is 0 Å².